The summed E-state index contributed by atoms with van der Waals surface area (Å²) in [5.41, 5.74) is 20.3. The van der Waals surface area contributed by atoms with E-state index in [1.807, 2.05) is 0 Å². The molecule has 4 heteroatoms. The number of nitrogens with zero attached hydrogens (tertiary/aromatic N) is 4. The van der Waals surface area contributed by atoms with Gasteiger partial charge in [0, 0.05) is 65.8 Å². The molecule has 0 aliphatic heterocycles. The lowest BCUT2D eigenvalue weighted by Crippen LogP contribution is -2.24. The van der Waals surface area contributed by atoms with Crippen LogP contribution < -0.4 is 0 Å². The van der Waals surface area contributed by atoms with Crippen LogP contribution in [0, 0.1) is 17.8 Å². The summed E-state index contributed by atoms with van der Waals surface area (Å²) in [6.45, 7) is 28.4. The standard InChI is InChI=1S/C78H74N4/c1-48(2)76(7,8)53-33-36-73-65(43-53)62-25-15-20-30-70(62)80(73)57-40-51(39-56(46-57)79-68-28-18-13-23-60(68)61-24-14-19-29-69(61)79)52-41-58(81-71-31-21-16-26-63(71)66-44-54(34-37-74(66)81)77(9,10)49(3)4)47-59(42-52)82-72-32-22-17-27-64(72)67-45-55(35-38-75(67)82)78(11,12)50(5)6/h13-50H,1-12H3. The van der Waals surface area contributed by atoms with E-state index in [0.717, 1.165) is 33.9 Å². The number of fused-ring (bicyclic) bond motifs is 12. The third-order valence-corrected chi connectivity index (χ3v) is 20.3. The molecule has 0 fully saturated rings. The van der Waals surface area contributed by atoms with E-state index < -0.39 is 0 Å². The predicted molar refractivity (Wildman–Crippen MR) is 353 cm³/mol. The Balaban J connectivity index is 1.11. The van der Waals surface area contributed by atoms with Crippen LogP contribution in [0.4, 0.5) is 0 Å². The number of aromatic nitrogens is 4. The Bertz CT molecular complexity index is 4670. The predicted octanol–water partition coefficient (Wildman–Crippen LogP) is 21.5. The summed E-state index contributed by atoms with van der Waals surface area (Å²) in [4.78, 5) is 0. The first kappa shape index (κ1) is 51.5. The van der Waals surface area contributed by atoms with Gasteiger partial charge in [-0.1, -0.05) is 192 Å². The summed E-state index contributed by atoms with van der Waals surface area (Å²) in [6.07, 6.45) is 0. The minimum atomic E-state index is -0.00626. The number of rotatable bonds is 11. The Morgan fingerprint density at radius 2 is 0.439 bits per heavy atom. The Morgan fingerprint density at radius 3 is 0.671 bits per heavy atom. The second-order valence-electron chi connectivity index (χ2n) is 26.2. The molecule has 0 bridgehead atoms. The first-order valence-corrected chi connectivity index (χ1v) is 29.8. The SMILES string of the molecule is CC(C)C(C)(C)c1ccc2c(c1)c1ccccc1n2-c1cc(-c2cc(-n3c4ccccc4c4cc(C(C)(C)C(C)C)ccc43)cc(-n3c4ccccc4c4cc(C(C)(C)C(C)C)ccc43)c2)cc(-n2c3ccccc3c3ccccc32)c1. The van der Waals surface area contributed by atoms with Gasteiger partial charge in [-0.3, -0.25) is 0 Å². The highest BCUT2D eigenvalue weighted by atomic mass is 15.0. The maximum Gasteiger partial charge on any atom is 0.0541 e. The minimum Gasteiger partial charge on any atom is -0.309 e. The normalized spacial score (nSPS) is 13.0. The molecule has 10 aromatic carbocycles. The summed E-state index contributed by atoms with van der Waals surface area (Å²) in [6, 6.07) is 81.3. The van der Waals surface area contributed by atoms with Crippen LogP contribution in [0.25, 0.3) is 121 Å². The molecule has 0 unspecified atom stereocenters. The van der Waals surface area contributed by atoms with Crippen molar-refractivity contribution in [2.75, 3.05) is 0 Å². The maximum atomic E-state index is 2.53. The molecular formula is C78H74N4. The topological polar surface area (TPSA) is 19.7 Å². The van der Waals surface area contributed by atoms with Gasteiger partial charge in [0.2, 0.25) is 0 Å². The van der Waals surface area contributed by atoms with Crippen molar-refractivity contribution in [1.82, 2.24) is 18.3 Å². The van der Waals surface area contributed by atoms with Crippen molar-refractivity contribution >= 4 is 87.2 Å². The molecule has 0 atom stereocenters. The monoisotopic (exact) mass is 1070 g/mol. The minimum absolute atomic E-state index is 0.00357. The Labute approximate surface area is 482 Å². The van der Waals surface area contributed by atoms with Crippen LogP contribution >= 0.6 is 0 Å². The van der Waals surface area contributed by atoms with Gasteiger partial charge in [0.1, 0.15) is 0 Å². The van der Waals surface area contributed by atoms with Crippen LogP contribution in [-0.4, -0.2) is 18.3 Å². The molecule has 0 aliphatic carbocycles. The van der Waals surface area contributed by atoms with Crippen molar-refractivity contribution in [2.45, 2.75) is 99.3 Å². The molecule has 0 radical (unpaired) electrons. The number of benzene rings is 10. The lowest BCUT2D eigenvalue weighted by Gasteiger charge is -2.30. The highest BCUT2D eigenvalue weighted by Crippen LogP contribution is 2.45. The summed E-state index contributed by atoms with van der Waals surface area (Å²) < 4.78 is 10.1. The first-order valence-electron chi connectivity index (χ1n) is 29.8. The fourth-order valence-corrected chi connectivity index (χ4v) is 13.2. The summed E-state index contributed by atoms with van der Waals surface area (Å²) in [5, 5.41) is 10.1. The van der Waals surface area contributed by atoms with Crippen molar-refractivity contribution in [3.05, 3.63) is 229 Å². The third-order valence-electron chi connectivity index (χ3n) is 20.3. The van der Waals surface area contributed by atoms with Crippen molar-refractivity contribution < 1.29 is 0 Å². The van der Waals surface area contributed by atoms with Gasteiger partial charge in [0.05, 0.1) is 44.1 Å². The summed E-state index contributed by atoms with van der Waals surface area (Å²) in [7, 11) is 0. The lowest BCUT2D eigenvalue weighted by atomic mass is 9.75. The number of para-hydroxylation sites is 5. The molecule has 14 aromatic rings. The van der Waals surface area contributed by atoms with Gasteiger partial charge in [-0.25, -0.2) is 0 Å². The van der Waals surface area contributed by atoms with E-state index in [1.54, 1.807) is 0 Å². The Hall–Kier alpha value is -8.60. The number of hydrogen-bond donors (Lipinski definition) is 0. The fourth-order valence-electron chi connectivity index (χ4n) is 13.2. The van der Waals surface area contributed by atoms with Crippen LogP contribution in [0.15, 0.2) is 212 Å². The first-order chi connectivity index (χ1) is 39.4. The lowest BCUT2D eigenvalue weighted by molar-refractivity contribution is 0.372. The average Bonchev–Trinajstić information content (AvgIpc) is 4.39. The molecule has 4 heterocycles. The zero-order valence-electron chi connectivity index (χ0n) is 49.7. The molecule has 0 spiro atoms. The smallest absolute Gasteiger partial charge is 0.0541 e. The Morgan fingerprint density at radius 1 is 0.232 bits per heavy atom. The van der Waals surface area contributed by atoms with Gasteiger partial charge >= 0.3 is 0 Å². The quantitative estimate of drug-likeness (QED) is 0.123. The largest absolute Gasteiger partial charge is 0.309 e. The van der Waals surface area contributed by atoms with Crippen molar-refractivity contribution in [3.8, 4) is 33.9 Å². The maximum absolute atomic E-state index is 2.53. The molecule has 0 saturated carbocycles. The third kappa shape index (κ3) is 7.77. The van der Waals surface area contributed by atoms with E-state index in [-0.39, 0.29) is 16.2 Å². The van der Waals surface area contributed by atoms with Crippen LogP contribution in [0.2, 0.25) is 0 Å². The highest BCUT2D eigenvalue weighted by Gasteiger charge is 2.30. The summed E-state index contributed by atoms with van der Waals surface area (Å²) >= 11 is 0. The van der Waals surface area contributed by atoms with E-state index in [0.29, 0.717) is 17.8 Å². The van der Waals surface area contributed by atoms with Gasteiger partial charge in [-0.15, -0.1) is 0 Å². The molecule has 0 N–H and O–H groups in total. The molecule has 0 saturated heterocycles. The van der Waals surface area contributed by atoms with Gasteiger partial charge < -0.3 is 18.3 Å². The number of hydrogen-bond acceptors (Lipinski definition) is 0. The van der Waals surface area contributed by atoms with E-state index in [1.165, 1.54) is 104 Å². The average molecular weight is 1070 g/mol. The van der Waals surface area contributed by atoms with Gasteiger partial charge in [0.25, 0.3) is 0 Å². The van der Waals surface area contributed by atoms with Crippen LogP contribution in [-0.2, 0) is 16.2 Å². The fraction of sp³-hybridized carbons (Fsp3) is 0.231. The molecule has 82 heavy (non-hydrogen) atoms. The van der Waals surface area contributed by atoms with Crippen LogP contribution in [0.3, 0.4) is 0 Å². The molecule has 0 aliphatic rings. The zero-order valence-corrected chi connectivity index (χ0v) is 49.7. The second kappa shape index (κ2) is 18.7. The van der Waals surface area contributed by atoms with E-state index >= 15 is 0 Å². The molecule has 14 rings (SSSR count). The van der Waals surface area contributed by atoms with Crippen molar-refractivity contribution in [2.24, 2.45) is 17.8 Å². The van der Waals surface area contributed by atoms with E-state index in [4.69, 9.17) is 0 Å². The van der Waals surface area contributed by atoms with Crippen LogP contribution in [0.5, 0.6) is 0 Å². The van der Waals surface area contributed by atoms with Crippen molar-refractivity contribution in [1.29, 1.82) is 0 Å². The summed E-state index contributed by atoms with van der Waals surface area (Å²) in [5.74, 6) is 1.41. The highest BCUT2D eigenvalue weighted by molar-refractivity contribution is 6.13. The van der Waals surface area contributed by atoms with Gasteiger partial charge in [-0.2, -0.15) is 0 Å². The second-order valence-corrected chi connectivity index (χ2v) is 26.2. The van der Waals surface area contributed by atoms with Crippen molar-refractivity contribution in [3.63, 3.8) is 0 Å². The van der Waals surface area contributed by atoms with Crippen LogP contribution in [0.1, 0.15) is 99.8 Å². The van der Waals surface area contributed by atoms with Gasteiger partial charge in [-0.05, 0) is 165 Å². The van der Waals surface area contributed by atoms with E-state index in [9.17, 15) is 0 Å². The molecule has 4 nitrogen and oxygen atoms in total. The van der Waals surface area contributed by atoms with Gasteiger partial charge in [0.15, 0.2) is 0 Å². The molecule has 4 aromatic heterocycles. The molecule has 406 valence electrons. The zero-order chi connectivity index (χ0) is 56.7. The molecular weight excluding hydrogens is 993 g/mol. The Kier molecular flexibility index (Phi) is 11.8. The van der Waals surface area contributed by atoms with E-state index in [2.05, 4.69) is 314 Å². The molecule has 0 amide bonds.